The molecule has 0 spiro atoms. The van der Waals surface area contributed by atoms with Crippen molar-refractivity contribution in [2.75, 3.05) is 16.8 Å². The number of carbonyl (C=O) groups is 2. The van der Waals surface area contributed by atoms with Crippen LogP contribution in [-0.4, -0.2) is 18.4 Å². The maximum atomic E-state index is 12.6. The van der Waals surface area contributed by atoms with Gasteiger partial charge in [-0.15, -0.1) is 0 Å². The van der Waals surface area contributed by atoms with Crippen LogP contribution >= 0.6 is 15.9 Å². The fraction of sp³-hybridized carbons (Fsp3) is 0.263. The predicted octanol–water partition coefficient (Wildman–Crippen LogP) is 3.93. The Labute approximate surface area is 149 Å². The third-order valence-electron chi connectivity index (χ3n) is 4.62. The number of benzene rings is 2. The van der Waals surface area contributed by atoms with E-state index >= 15 is 0 Å². The Kier molecular flexibility index (Phi) is 3.88. The zero-order chi connectivity index (χ0) is 16.7. The second kappa shape index (κ2) is 6.06. The summed E-state index contributed by atoms with van der Waals surface area (Å²) in [5.41, 5.74) is 4.71. The number of anilines is 2. The van der Waals surface area contributed by atoms with Crippen LogP contribution in [0.15, 0.2) is 40.9 Å². The van der Waals surface area contributed by atoms with Crippen LogP contribution in [0.4, 0.5) is 11.4 Å². The molecule has 0 aliphatic carbocycles. The van der Waals surface area contributed by atoms with Gasteiger partial charge in [-0.25, -0.2) is 0 Å². The number of rotatable bonds is 2. The second-order valence-corrected chi connectivity index (χ2v) is 7.17. The maximum Gasteiger partial charge on any atom is 0.255 e. The number of hydrogen-bond acceptors (Lipinski definition) is 2. The van der Waals surface area contributed by atoms with Crippen molar-refractivity contribution < 1.29 is 9.59 Å². The van der Waals surface area contributed by atoms with Crippen molar-refractivity contribution in [2.24, 2.45) is 0 Å². The van der Waals surface area contributed by atoms with E-state index in [2.05, 4.69) is 21.2 Å². The van der Waals surface area contributed by atoms with Gasteiger partial charge >= 0.3 is 0 Å². The summed E-state index contributed by atoms with van der Waals surface area (Å²) in [6.45, 7) is 0.794. The molecule has 0 unspecified atom stereocenters. The molecular weight excluding hydrogens is 368 g/mol. The fourth-order valence-electron chi connectivity index (χ4n) is 3.55. The van der Waals surface area contributed by atoms with Crippen LogP contribution in [0.5, 0.6) is 0 Å². The number of nitrogens with zero attached hydrogens (tertiary/aromatic N) is 1. The third-order valence-corrected chi connectivity index (χ3v) is 5.11. The lowest BCUT2D eigenvalue weighted by molar-refractivity contribution is -0.119. The molecule has 0 radical (unpaired) electrons. The first-order chi connectivity index (χ1) is 11.6. The fourth-order valence-corrected chi connectivity index (χ4v) is 3.95. The number of carbonyl (C=O) groups excluding carboxylic acids is 2. The van der Waals surface area contributed by atoms with Crippen molar-refractivity contribution >= 4 is 39.1 Å². The van der Waals surface area contributed by atoms with E-state index in [-0.39, 0.29) is 11.8 Å². The Morgan fingerprint density at radius 3 is 2.67 bits per heavy atom. The van der Waals surface area contributed by atoms with Gasteiger partial charge in [-0.3, -0.25) is 9.59 Å². The first kappa shape index (κ1) is 15.4. The highest BCUT2D eigenvalue weighted by Crippen LogP contribution is 2.36. The van der Waals surface area contributed by atoms with Crippen molar-refractivity contribution in [2.45, 2.75) is 25.7 Å². The monoisotopic (exact) mass is 384 g/mol. The van der Waals surface area contributed by atoms with E-state index in [1.165, 1.54) is 0 Å². The van der Waals surface area contributed by atoms with E-state index in [9.17, 15) is 9.59 Å². The van der Waals surface area contributed by atoms with Gasteiger partial charge in [0.25, 0.3) is 5.91 Å². The molecule has 2 amide bonds. The van der Waals surface area contributed by atoms with Crippen LogP contribution in [0.25, 0.3) is 0 Å². The van der Waals surface area contributed by atoms with Crippen LogP contribution < -0.4 is 10.2 Å². The van der Waals surface area contributed by atoms with Crippen molar-refractivity contribution in [3.63, 3.8) is 0 Å². The summed E-state index contributed by atoms with van der Waals surface area (Å²) >= 11 is 3.41. The Morgan fingerprint density at radius 2 is 1.88 bits per heavy atom. The molecule has 2 heterocycles. The van der Waals surface area contributed by atoms with E-state index in [0.29, 0.717) is 12.0 Å². The molecule has 0 atom stereocenters. The van der Waals surface area contributed by atoms with Crippen LogP contribution in [0.1, 0.15) is 34.3 Å². The minimum atomic E-state index is -0.110. The molecule has 0 fully saturated rings. The first-order valence-electron chi connectivity index (χ1n) is 8.15. The molecule has 4 nitrogen and oxygen atoms in total. The molecule has 0 bridgehead atoms. The highest BCUT2D eigenvalue weighted by atomic mass is 79.9. The van der Waals surface area contributed by atoms with Gasteiger partial charge in [0.2, 0.25) is 5.91 Å². The normalized spacial score (nSPS) is 15.9. The van der Waals surface area contributed by atoms with Crippen LogP contribution in [0.2, 0.25) is 0 Å². The largest absolute Gasteiger partial charge is 0.322 e. The van der Waals surface area contributed by atoms with Gasteiger partial charge in [-0.1, -0.05) is 22.0 Å². The average Bonchev–Trinajstić information content (AvgIpc) is 2.58. The first-order valence-corrected chi connectivity index (χ1v) is 8.94. The third kappa shape index (κ3) is 2.73. The quantitative estimate of drug-likeness (QED) is 0.852. The molecule has 24 heavy (non-hydrogen) atoms. The van der Waals surface area contributed by atoms with Crippen molar-refractivity contribution in [1.82, 2.24) is 0 Å². The lowest BCUT2D eigenvalue weighted by atomic mass is 9.89. The standard InChI is InChI=1S/C19H17BrN2O2/c20-15-4-1-5-16(11-15)21-19(24)14-9-12-3-2-8-22-17(23)7-6-13(10-14)18(12)22/h1,4-5,9-11H,2-3,6-8H2,(H,21,24). The molecule has 4 rings (SSSR count). The van der Waals surface area contributed by atoms with E-state index in [1.54, 1.807) is 0 Å². The van der Waals surface area contributed by atoms with E-state index in [1.807, 2.05) is 41.3 Å². The van der Waals surface area contributed by atoms with Crippen molar-refractivity contribution in [3.05, 3.63) is 57.6 Å². The topological polar surface area (TPSA) is 49.4 Å². The van der Waals surface area contributed by atoms with Crippen molar-refractivity contribution in [1.29, 1.82) is 0 Å². The van der Waals surface area contributed by atoms with E-state index < -0.39 is 0 Å². The molecular formula is C19H17BrN2O2. The SMILES string of the molecule is O=C(Nc1cccc(Br)c1)c1cc2c3c(c1)CCC(=O)N3CCC2. The lowest BCUT2D eigenvalue weighted by Crippen LogP contribution is -2.39. The van der Waals surface area contributed by atoms with Crippen molar-refractivity contribution in [3.8, 4) is 0 Å². The number of amides is 2. The second-order valence-electron chi connectivity index (χ2n) is 6.26. The molecule has 2 aromatic rings. The Hall–Kier alpha value is -2.14. The summed E-state index contributed by atoms with van der Waals surface area (Å²) in [7, 11) is 0. The molecule has 1 N–H and O–H groups in total. The summed E-state index contributed by atoms with van der Waals surface area (Å²) in [5, 5.41) is 2.95. The molecule has 122 valence electrons. The summed E-state index contributed by atoms with van der Waals surface area (Å²) in [6, 6.07) is 11.4. The molecule has 5 heteroatoms. The number of nitrogens with one attached hydrogen (secondary N) is 1. The molecule has 0 saturated carbocycles. The Morgan fingerprint density at radius 1 is 1.08 bits per heavy atom. The predicted molar refractivity (Wildman–Crippen MR) is 97.5 cm³/mol. The smallest absolute Gasteiger partial charge is 0.255 e. The average molecular weight is 385 g/mol. The summed E-state index contributed by atoms with van der Waals surface area (Å²) in [4.78, 5) is 26.6. The van der Waals surface area contributed by atoms with Gasteiger partial charge in [-0.05, 0) is 60.7 Å². The molecule has 0 aromatic heterocycles. The van der Waals surface area contributed by atoms with Gasteiger partial charge in [0.15, 0.2) is 0 Å². The van der Waals surface area contributed by atoms with Gasteiger partial charge in [0, 0.05) is 28.7 Å². The maximum absolute atomic E-state index is 12.6. The highest BCUT2D eigenvalue weighted by Gasteiger charge is 2.30. The number of hydrogen-bond donors (Lipinski definition) is 1. The molecule has 2 aliphatic heterocycles. The zero-order valence-electron chi connectivity index (χ0n) is 13.1. The summed E-state index contributed by atoms with van der Waals surface area (Å²) < 4.78 is 0.926. The highest BCUT2D eigenvalue weighted by molar-refractivity contribution is 9.10. The summed E-state index contributed by atoms with van der Waals surface area (Å²) in [6.07, 6.45) is 3.12. The molecule has 2 aliphatic rings. The van der Waals surface area contributed by atoms with Gasteiger partial charge in [0.1, 0.15) is 0 Å². The molecule has 2 aromatic carbocycles. The lowest BCUT2D eigenvalue weighted by Gasteiger charge is -2.35. The van der Waals surface area contributed by atoms with E-state index in [0.717, 1.165) is 52.8 Å². The van der Waals surface area contributed by atoms with Gasteiger partial charge in [-0.2, -0.15) is 0 Å². The van der Waals surface area contributed by atoms with Gasteiger partial charge < -0.3 is 10.2 Å². The van der Waals surface area contributed by atoms with Crippen LogP contribution in [0.3, 0.4) is 0 Å². The minimum absolute atomic E-state index is 0.110. The zero-order valence-corrected chi connectivity index (χ0v) is 14.7. The number of halogens is 1. The minimum Gasteiger partial charge on any atom is -0.322 e. The number of aryl methyl sites for hydroxylation is 2. The van der Waals surface area contributed by atoms with E-state index in [4.69, 9.17) is 0 Å². The van der Waals surface area contributed by atoms with Crippen LogP contribution in [0, 0.1) is 0 Å². The molecule has 0 saturated heterocycles. The van der Waals surface area contributed by atoms with Gasteiger partial charge in [0.05, 0.1) is 5.69 Å². The summed E-state index contributed by atoms with van der Waals surface area (Å²) in [5.74, 6) is 0.0935. The Bertz CT molecular complexity index is 830. The van der Waals surface area contributed by atoms with Crippen LogP contribution in [-0.2, 0) is 17.6 Å². The Balaban J connectivity index is 1.67.